The Labute approximate surface area is 491 Å². The molecule has 0 bridgehead atoms. The molecule has 0 N–H and O–H groups in total. The maximum Gasteiger partial charge on any atom is 0.306 e. The van der Waals surface area contributed by atoms with Gasteiger partial charge in [-0.25, -0.2) is 0 Å². The molecule has 0 aromatic heterocycles. The number of rotatable bonds is 64. The minimum absolute atomic E-state index is 0.0832. The zero-order valence-electron chi connectivity index (χ0n) is 52.9. The van der Waals surface area contributed by atoms with Crippen LogP contribution in [0.5, 0.6) is 0 Å². The van der Waals surface area contributed by atoms with Crippen molar-refractivity contribution in [1.29, 1.82) is 0 Å². The molecule has 0 aliphatic heterocycles. The molecule has 0 heterocycles. The molecule has 0 fully saturated rings. The topological polar surface area (TPSA) is 78.9 Å². The third kappa shape index (κ3) is 65.8. The average Bonchev–Trinajstić information content (AvgIpc) is 3.45. The molecule has 0 rings (SSSR count). The number of ether oxygens (including phenoxy) is 3. The van der Waals surface area contributed by atoms with Gasteiger partial charge in [-0.1, -0.05) is 345 Å². The van der Waals surface area contributed by atoms with Gasteiger partial charge in [0.2, 0.25) is 0 Å². The summed E-state index contributed by atoms with van der Waals surface area (Å²) in [6.07, 6.45) is 86.9. The minimum Gasteiger partial charge on any atom is -0.462 e. The van der Waals surface area contributed by atoms with Crippen LogP contribution in [0.25, 0.3) is 0 Å². The summed E-state index contributed by atoms with van der Waals surface area (Å²) >= 11 is 0. The van der Waals surface area contributed by atoms with Gasteiger partial charge in [0, 0.05) is 19.3 Å². The summed E-state index contributed by atoms with van der Waals surface area (Å²) in [6, 6.07) is 0. The van der Waals surface area contributed by atoms with Crippen LogP contribution in [0.3, 0.4) is 0 Å². The van der Waals surface area contributed by atoms with E-state index in [0.29, 0.717) is 19.3 Å². The Morgan fingerprint density at radius 1 is 0.266 bits per heavy atom. The van der Waals surface area contributed by atoms with Gasteiger partial charge < -0.3 is 14.2 Å². The molecule has 0 aliphatic carbocycles. The third-order valence-electron chi connectivity index (χ3n) is 15.5. The van der Waals surface area contributed by atoms with Crippen LogP contribution in [0.4, 0.5) is 0 Å². The Kier molecular flexibility index (Phi) is 65.1. The largest absolute Gasteiger partial charge is 0.462 e. The summed E-state index contributed by atoms with van der Waals surface area (Å²) in [5, 5.41) is 0. The molecule has 1 atom stereocenters. The summed E-state index contributed by atoms with van der Waals surface area (Å²) in [6.45, 7) is 6.55. The molecule has 0 saturated carbocycles. The molecule has 0 amide bonds. The molecule has 79 heavy (non-hydrogen) atoms. The summed E-state index contributed by atoms with van der Waals surface area (Å²) in [5.41, 5.74) is 0. The normalized spacial score (nSPS) is 12.4. The fraction of sp³-hybridized carbons (Fsp3) is 0.822. The van der Waals surface area contributed by atoms with Crippen LogP contribution in [0, 0.1) is 0 Å². The Balaban J connectivity index is 4.19. The van der Waals surface area contributed by atoms with Crippen LogP contribution < -0.4 is 0 Å². The summed E-state index contributed by atoms with van der Waals surface area (Å²) in [4.78, 5) is 38.3. The standard InChI is InChI=1S/C73H132O6/c1-4-7-10-13-16-19-22-25-27-29-31-32-33-34-35-36-37-38-39-40-41-43-44-46-48-51-54-57-60-63-66-72(75)78-69-70(68-77-71(74)65-62-59-56-53-50-24-21-18-15-12-9-6-3)79-73(76)67-64-61-58-55-52-49-47-45-42-30-28-26-23-20-17-14-11-8-5-2/h8,11,17,20,26,28,42,45,49,52,70H,4-7,9-10,12-16,18-19,21-25,27,29-41,43-44,46-48,50-51,53-69H2,1-3H3/b11-8-,20-17-,28-26-,45-42-,52-49-. The molecular formula is C73H132O6. The van der Waals surface area contributed by atoms with Crippen LogP contribution in [-0.2, 0) is 28.6 Å². The number of hydrogen-bond donors (Lipinski definition) is 0. The van der Waals surface area contributed by atoms with E-state index in [1.807, 2.05) is 0 Å². The number of esters is 3. The zero-order chi connectivity index (χ0) is 57.1. The van der Waals surface area contributed by atoms with E-state index in [4.69, 9.17) is 14.2 Å². The molecule has 0 aliphatic rings. The molecule has 6 nitrogen and oxygen atoms in total. The van der Waals surface area contributed by atoms with Crippen molar-refractivity contribution in [3.05, 3.63) is 60.8 Å². The quantitative estimate of drug-likeness (QED) is 0.0261. The first kappa shape index (κ1) is 76.1. The average molecular weight is 1110 g/mol. The monoisotopic (exact) mass is 1110 g/mol. The molecule has 0 aromatic carbocycles. The van der Waals surface area contributed by atoms with Crippen molar-refractivity contribution in [1.82, 2.24) is 0 Å². The number of allylic oxidation sites excluding steroid dienone is 10. The Hall–Kier alpha value is -2.89. The van der Waals surface area contributed by atoms with E-state index in [9.17, 15) is 14.4 Å². The first-order chi connectivity index (χ1) is 39.0. The van der Waals surface area contributed by atoms with E-state index in [-0.39, 0.29) is 31.1 Å². The van der Waals surface area contributed by atoms with Gasteiger partial charge in [0.25, 0.3) is 0 Å². The van der Waals surface area contributed by atoms with Crippen LogP contribution in [0.2, 0.25) is 0 Å². The number of carbonyl (C=O) groups excluding carboxylic acids is 3. The van der Waals surface area contributed by atoms with Crippen LogP contribution in [0.15, 0.2) is 60.8 Å². The Morgan fingerprint density at radius 2 is 0.494 bits per heavy atom. The third-order valence-corrected chi connectivity index (χ3v) is 15.5. The van der Waals surface area contributed by atoms with Crippen molar-refractivity contribution in [3.63, 3.8) is 0 Å². The second-order valence-corrected chi connectivity index (χ2v) is 23.4. The van der Waals surface area contributed by atoms with E-state index in [0.717, 1.165) is 96.3 Å². The van der Waals surface area contributed by atoms with Gasteiger partial charge in [-0.15, -0.1) is 0 Å². The molecular weight excluding hydrogens is 973 g/mol. The van der Waals surface area contributed by atoms with Gasteiger partial charge in [0.1, 0.15) is 13.2 Å². The van der Waals surface area contributed by atoms with Gasteiger partial charge in [0.15, 0.2) is 6.10 Å². The van der Waals surface area contributed by atoms with Crippen molar-refractivity contribution in [2.45, 2.75) is 374 Å². The highest BCUT2D eigenvalue weighted by molar-refractivity contribution is 5.71. The lowest BCUT2D eigenvalue weighted by Gasteiger charge is -2.18. The number of unbranched alkanes of at least 4 members (excludes halogenated alkanes) is 43. The molecule has 6 heteroatoms. The van der Waals surface area contributed by atoms with Gasteiger partial charge in [-0.2, -0.15) is 0 Å². The van der Waals surface area contributed by atoms with Crippen molar-refractivity contribution >= 4 is 17.9 Å². The molecule has 460 valence electrons. The van der Waals surface area contributed by atoms with Crippen LogP contribution in [-0.4, -0.2) is 37.2 Å². The lowest BCUT2D eigenvalue weighted by atomic mass is 10.0. The number of carbonyl (C=O) groups is 3. The molecule has 0 radical (unpaired) electrons. The van der Waals surface area contributed by atoms with E-state index in [1.165, 1.54) is 231 Å². The fourth-order valence-electron chi connectivity index (χ4n) is 10.4. The number of hydrogen-bond acceptors (Lipinski definition) is 6. The van der Waals surface area contributed by atoms with E-state index < -0.39 is 6.10 Å². The summed E-state index contributed by atoms with van der Waals surface area (Å²) in [5.74, 6) is -0.895. The predicted molar refractivity (Wildman–Crippen MR) is 344 cm³/mol. The van der Waals surface area contributed by atoms with E-state index in [1.54, 1.807) is 0 Å². The molecule has 0 spiro atoms. The maximum absolute atomic E-state index is 12.9. The van der Waals surface area contributed by atoms with Crippen molar-refractivity contribution in [2.24, 2.45) is 0 Å². The van der Waals surface area contributed by atoms with Crippen molar-refractivity contribution in [2.75, 3.05) is 13.2 Å². The first-order valence-corrected chi connectivity index (χ1v) is 34.8. The van der Waals surface area contributed by atoms with Crippen molar-refractivity contribution < 1.29 is 28.6 Å². The highest BCUT2D eigenvalue weighted by Gasteiger charge is 2.19. The zero-order valence-corrected chi connectivity index (χ0v) is 52.9. The minimum atomic E-state index is -0.790. The lowest BCUT2D eigenvalue weighted by molar-refractivity contribution is -0.167. The molecule has 0 saturated heterocycles. The summed E-state index contributed by atoms with van der Waals surface area (Å²) < 4.78 is 16.9. The van der Waals surface area contributed by atoms with E-state index in [2.05, 4.69) is 81.5 Å². The van der Waals surface area contributed by atoms with E-state index >= 15 is 0 Å². The predicted octanol–water partition coefficient (Wildman–Crippen LogP) is 23.9. The molecule has 1 unspecified atom stereocenters. The Bertz CT molecular complexity index is 1410. The van der Waals surface area contributed by atoms with Gasteiger partial charge in [-0.3, -0.25) is 14.4 Å². The second kappa shape index (κ2) is 67.6. The van der Waals surface area contributed by atoms with Gasteiger partial charge >= 0.3 is 17.9 Å². The highest BCUT2D eigenvalue weighted by Crippen LogP contribution is 2.18. The smallest absolute Gasteiger partial charge is 0.306 e. The second-order valence-electron chi connectivity index (χ2n) is 23.4. The SMILES string of the molecule is CC/C=C\C/C=C\C/C=C\C/C=C\C/C=C\CCCCCC(=O)OC(COC(=O)CCCCCCCCCCCCCC)COC(=O)CCCCCCCCCCCCCCCCCCCCCCCCCCCCCCCC. The lowest BCUT2D eigenvalue weighted by Crippen LogP contribution is -2.30. The fourth-order valence-corrected chi connectivity index (χ4v) is 10.4. The Morgan fingerprint density at radius 3 is 0.772 bits per heavy atom. The van der Waals surface area contributed by atoms with Gasteiger partial charge in [0.05, 0.1) is 0 Å². The highest BCUT2D eigenvalue weighted by atomic mass is 16.6. The maximum atomic E-state index is 12.9. The first-order valence-electron chi connectivity index (χ1n) is 34.8. The van der Waals surface area contributed by atoms with Crippen LogP contribution in [0.1, 0.15) is 367 Å². The van der Waals surface area contributed by atoms with Gasteiger partial charge in [-0.05, 0) is 64.2 Å². The van der Waals surface area contributed by atoms with Crippen LogP contribution >= 0.6 is 0 Å². The molecule has 0 aromatic rings. The van der Waals surface area contributed by atoms with Crippen molar-refractivity contribution in [3.8, 4) is 0 Å². The summed E-state index contributed by atoms with van der Waals surface area (Å²) in [7, 11) is 0.